The van der Waals surface area contributed by atoms with Gasteiger partial charge in [0.1, 0.15) is 0 Å². The summed E-state index contributed by atoms with van der Waals surface area (Å²) >= 11 is 1.37. The summed E-state index contributed by atoms with van der Waals surface area (Å²) in [4.78, 5) is 24.5. The first-order chi connectivity index (χ1) is 9.43. The molecular weight excluding hydrogens is 274 g/mol. The van der Waals surface area contributed by atoms with Crippen molar-refractivity contribution in [2.24, 2.45) is 5.92 Å². The molecule has 2 atom stereocenters. The van der Waals surface area contributed by atoms with Crippen LogP contribution in [0.5, 0.6) is 0 Å². The zero-order valence-electron chi connectivity index (χ0n) is 12.1. The molecule has 110 valence electrons. The van der Waals surface area contributed by atoms with Crippen LogP contribution in [0.15, 0.2) is 30.3 Å². The van der Waals surface area contributed by atoms with Crippen LogP contribution in [0.3, 0.4) is 0 Å². The fourth-order valence-corrected chi connectivity index (χ4v) is 2.66. The second kappa shape index (κ2) is 7.94. The van der Waals surface area contributed by atoms with E-state index in [1.807, 2.05) is 37.3 Å². The van der Waals surface area contributed by atoms with Crippen molar-refractivity contribution in [3.63, 3.8) is 0 Å². The molecule has 4 nitrogen and oxygen atoms in total. The fourth-order valence-electron chi connectivity index (χ4n) is 1.67. The quantitative estimate of drug-likeness (QED) is 0.840. The van der Waals surface area contributed by atoms with Crippen LogP contribution >= 0.6 is 11.8 Å². The molecule has 0 bridgehead atoms. The maximum Gasteiger partial charge on any atom is 0.307 e. The highest BCUT2D eigenvalue weighted by molar-refractivity contribution is 7.99. The first-order valence-electron chi connectivity index (χ1n) is 6.54. The highest BCUT2D eigenvalue weighted by Crippen LogP contribution is 2.19. The van der Waals surface area contributed by atoms with Crippen molar-refractivity contribution in [1.82, 2.24) is 4.90 Å². The van der Waals surface area contributed by atoms with Gasteiger partial charge in [0, 0.05) is 12.8 Å². The van der Waals surface area contributed by atoms with Crippen LogP contribution in [0.4, 0.5) is 0 Å². The molecule has 0 saturated carbocycles. The van der Waals surface area contributed by atoms with Gasteiger partial charge in [-0.3, -0.25) is 9.59 Å². The first-order valence-corrected chi connectivity index (χ1v) is 7.70. The Morgan fingerprint density at radius 1 is 1.25 bits per heavy atom. The second-order valence-electron chi connectivity index (χ2n) is 4.85. The van der Waals surface area contributed by atoms with Crippen molar-refractivity contribution in [3.05, 3.63) is 35.9 Å². The van der Waals surface area contributed by atoms with Gasteiger partial charge in [-0.15, -0.1) is 0 Å². The number of thioether (sulfide) groups is 1. The third kappa shape index (κ3) is 4.89. The van der Waals surface area contributed by atoms with Gasteiger partial charge in [0.05, 0.1) is 17.7 Å². The Labute approximate surface area is 124 Å². The van der Waals surface area contributed by atoms with E-state index in [9.17, 15) is 9.59 Å². The molecule has 0 aliphatic heterocycles. The van der Waals surface area contributed by atoms with Crippen LogP contribution in [0.1, 0.15) is 25.5 Å². The molecule has 0 fully saturated rings. The number of benzene rings is 1. The van der Waals surface area contributed by atoms with E-state index in [0.29, 0.717) is 11.5 Å². The van der Waals surface area contributed by atoms with Crippen molar-refractivity contribution in [3.8, 4) is 0 Å². The van der Waals surface area contributed by atoms with Crippen LogP contribution < -0.4 is 0 Å². The minimum absolute atomic E-state index is 0.0150. The van der Waals surface area contributed by atoms with Crippen molar-refractivity contribution in [1.29, 1.82) is 0 Å². The smallest absolute Gasteiger partial charge is 0.307 e. The third-order valence-corrected chi connectivity index (χ3v) is 4.46. The van der Waals surface area contributed by atoms with E-state index in [0.717, 1.165) is 5.56 Å². The fraction of sp³-hybridized carbons (Fsp3) is 0.467. The average molecular weight is 295 g/mol. The zero-order valence-corrected chi connectivity index (χ0v) is 12.9. The Morgan fingerprint density at radius 3 is 2.40 bits per heavy atom. The summed E-state index contributed by atoms with van der Waals surface area (Å²) in [7, 11) is 1.78. The van der Waals surface area contributed by atoms with E-state index in [1.54, 1.807) is 18.9 Å². The SMILES string of the molecule is CC(CSCC(=O)N(C)C(C)c1ccccc1)C(=O)O. The highest BCUT2D eigenvalue weighted by atomic mass is 32.2. The number of nitrogens with zero attached hydrogens (tertiary/aromatic N) is 1. The standard InChI is InChI=1S/C15H21NO3S/c1-11(15(18)19)9-20-10-14(17)16(3)12(2)13-7-5-4-6-8-13/h4-8,11-12H,9-10H2,1-3H3,(H,18,19). The predicted molar refractivity (Wildman–Crippen MR) is 81.8 cm³/mol. The maximum atomic E-state index is 12.1. The maximum absolute atomic E-state index is 12.1. The summed E-state index contributed by atoms with van der Waals surface area (Å²) in [5, 5.41) is 8.78. The molecule has 0 aliphatic rings. The summed E-state index contributed by atoms with van der Waals surface area (Å²) in [6.07, 6.45) is 0. The van der Waals surface area contributed by atoms with Gasteiger partial charge in [0.2, 0.25) is 5.91 Å². The molecule has 0 heterocycles. The molecular formula is C15H21NO3S. The van der Waals surface area contributed by atoms with Crippen molar-refractivity contribution in [2.75, 3.05) is 18.6 Å². The molecule has 1 N–H and O–H groups in total. The molecule has 1 rings (SSSR count). The molecule has 1 aromatic rings. The van der Waals surface area contributed by atoms with Gasteiger partial charge in [-0.1, -0.05) is 37.3 Å². The van der Waals surface area contributed by atoms with Gasteiger partial charge in [-0.25, -0.2) is 0 Å². The lowest BCUT2D eigenvalue weighted by Crippen LogP contribution is -2.31. The monoisotopic (exact) mass is 295 g/mol. The molecule has 0 spiro atoms. The van der Waals surface area contributed by atoms with Crippen LogP contribution in [-0.4, -0.2) is 40.4 Å². The van der Waals surface area contributed by atoms with E-state index in [4.69, 9.17) is 5.11 Å². The van der Waals surface area contributed by atoms with Crippen LogP contribution in [0, 0.1) is 5.92 Å². The molecule has 20 heavy (non-hydrogen) atoms. The molecule has 0 aromatic heterocycles. The largest absolute Gasteiger partial charge is 0.481 e. The van der Waals surface area contributed by atoms with Crippen LogP contribution in [0.2, 0.25) is 0 Å². The first kappa shape index (κ1) is 16.6. The number of carboxylic acids is 1. The Morgan fingerprint density at radius 2 is 1.85 bits per heavy atom. The minimum Gasteiger partial charge on any atom is -0.481 e. The molecule has 5 heteroatoms. The Kier molecular flexibility index (Phi) is 6.58. The molecule has 1 aromatic carbocycles. The summed E-state index contributed by atoms with van der Waals surface area (Å²) in [5.41, 5.74) is 1.09. The second-order valence-corrected chi connectivity index (χ2v) is 5.88. The number of carbonyl (C=O) groups is 2. The molecule has 1 amide bonds. The van der Waals surface area contributed by atoms with E-state index in [-0.39, 0.29) is 11.9 Å². The summed E-state index contributed by atoms with van der Waals surface area (Å²) in [6, 6.07) is 9.85. The van der Waals surface area contributed by atoms with E-state index >= 15 is 0 Å². The van der Waals surface area contributed by atoms with E-state index < -0.39 is 11.9 Å². The summed E-state index contributed by atoms with van der Waals surface area (Å²) in [6.45, 7) is 3.63. The van der Waals surface area contributed by atoms with Crippen molar-refractivity contribution >= 4 is 23.6 Å². The topological polar surface area (TPSA) is 57.6 Å². The van der Waals surface area contributed by atoms with E-state index in [2.05, 4.69) is 0 Å². The highest BCUT2D eigenvalue weighted by Gasteiger charge is 2.18. The summed E-state index contributed by atoms with van der Waals surface area (Å²) in [5.74, 6) is -0.468. The lowest BCUT2D eigenvalue weighted by atomic mass is 10.1. The molecule has 0 radical (unpaired) electrons. The molecule has 0 aliphatic carbocycles. The number of aliphatic carboxylic acids is 1. The van der Waals surface area contributed by atoms with Crippen molar-refractivity contribution in [2.45, 2.75) is 19.9 Å². The Bertz CT molecular complexity index is 450. The van der Waals surface area contributed by atoms with Crippen molar-refractivity contribution < 1.29 is 14.7 Å². The number of hydrogen-bond acceptors (Lipinski definition) is 3. The molecule has 2 unspecified atom stereocenters. The van der Waals surface area contributed by atoms with Gasteiger partial charge < -0.3 is 10.0 Å². The van der Waals surface area contributed by atoms with Gasteiger partial charge in [0.15, 0.2) is 0 Å². The predicted octanol–water partition coefficient (Wildman–Crippen LogP) is 2.66. The van der Waals surface area contributed by atoms with Crippen LogP contribution in [-0.2, 0) is 9.59 Å². The minimum atomic E-state index is -0.823. The number of hydrogen-bond donors (Lipinski definition) is 1. The van der Waals surface area contributed by atoms with E-state index in [1.165, 1.54) is 11.8 Å². The number of carboxylic acid groups (broad SMARTS) is 1. The summed E-state index contributed by atoms with van der Waals surface area (Å²) < 4.78 is 0. The normalized spacial score (nSPS) is 13.6. The Balaban J connectivity index is 2.45. The Hall–Kier alpha value is -1.49. The lowest BCUT2D eigenvalue weighted by Gasteiger charge is -2.25. The number of amides is 1. The number of carbonyl (C=O) groups excluding carboxylic acids is 1. The van der Waals surface area contributed by atoms with Gasteiger partial charge in [-0.05, 0) is 12.5 Å². The third-order valence-electron chi connectivity index (χ3n) is 3.27. The molecule has 0 saturated heterocycles. The number of rotatable bonds is 7. The van der Waals surface area contributed by atoms with Gasteiger partial charge in [-0.2, -0.15) is 11.8 Å². The van der Waals surface area contributed by atoms with Crippen LogP contribution in [0.25, 0.3) is 0 Å². The van der Waals surface area contributed by atoms with Gasteiger partial charge >= 0.3 is 5.97 Å². The van der Waals surface area contributed by atoms with Gasteiger partial charge in [0.25, 0.3) is 0 Å². The average Bonchev–Trinajstić information content (AvgIpc) is 2.46. The zero-order chi connectivity index (χ0) is 15.1. The lowest BCUT2D eigenvalue weighted by molar-refractivity contribution is -0.140.